The van der Waals surface area contributed by atoms with Crippen LogP contribution in [-0.4, -0.2) is 4.98 Å². The molecule has 0 radical (unpaired) electrons. The number of hydrogen-bond acceptors (Lipinski definition) is 3. The van der Waals surface area contributed by atoms with Gasteiger partial charge in [-0.15, -0.1) is 11.3 Å². The van der Waals surface area contributed by atoms with Gasteiger partial charge >= 0.3 is 0 Å². The van der Waals surface area contributed by atoms with Crippen LogP contribution in [0.15, 0.2) is 35.8 Å². The number of rotatable bonds is 4. The van der Waals surface area contributed by atoms with Crippen molar-refractivity contribution < 1.29 is 0 Å². The summed E-state index contributed by atoms with van der Waals surface area (Å²) in [6.45, 7) is 6.46. The third kappa shape index (κ3) is 2.93. The number of aromatic nitrogens is 1. The van der Waals surface area contributed by atoms with Gasteiger partial charge in [-0.3, -0.25) is 0 Å². The van der Waals surface area contributed by atoms with E-state index in [2.05, 4.69) is 55.3 Å². The molecule has 0 bridgehead atoms. The third-order valence-electron chi connectivity index (χ3n) is 2.98. The van der Waals surface area contributed by atoms with Crippen LogP contribution in [-0.2, 0) is 0 Å². The lowest BCUT2D eigenvalue weighted by Crippen LogP contribution is -2.22. The molecule has 0 fully saturated rings. The van der Waals surface area contributed by atoms with Crippen LogP contribution in [0.5, 0.6) is 0 Å². The van der Waals surface area contributed by atoms with Crippen LogP contribution in [0.2, 0.25) is 0 Å². The first-order valence-corrected chi connectivity index (χ1v) is 6.77. The van der Waals surface area contributed by atoms with E-state index in [1.807, 2.05) is 11.6 Å². The lowest BCUT2D eigenvalue weighted by Gasteiger charge is -2.19. The van der Waals surface area contributed by atoms with Crippen molar-refractivity contribution in [2.45, 2.75) is 32.9 Å². The van der Waals surface area contributed by atoms with Crippen molar-refractivity contribution in [3.05, 3.63) is 52.0 Å². The fourth-order valence-corrected chi connectivity index (χ4v) is 2.83. The van der Waals surface area contributed by atoms with Crippen molar-refractivity contribution >= 4 is 11.3 Å². The molecule has 1 N–H and O–H groups in total. The van der Waals surface area contributed by atoms with Crippen molar-refractivity contribution in [1.82, 2.24) is 10.3 Å². The van der Waals surface area contributed by atoms with Gasteiger partial charge in [0.15, 0.2) is 0 Å². The zero-order valence-electron chi connectivity index (χ0n) is 10.5. The molecule has 0 aliphatic carbocycles. The van der Waals surface area contributed by atoms with E-state index in [1.165, 1.54) is 10.4 Å². The molecule has 0 spiro atoms. The molecule has 0 amide bonds. The normalized spacial score (nSPS) is 14.5. The van der Waals surface area contributed by atoms with Crippen molar-refractivity contribution in [2.75, 3.05) is 0 Å². The Hall–Kier alpha value is -1.19. The van der Waals surface area contributed by atoms with Gasteiger partial charge in [0.1, 0.15) is 0 Å². The molecule has 90 valence electrons. The summed E-state index contributed by atoms with van der Waals surface area (Å²) >= 11 is 1.72. The van der Waals surface area contributed by atoms with E-state index < -0.39 is 0 Å². The fourth-order valence-electron chi connectivity index (χ4n) is 2.02. The molecule has 1 unspecified atom stereocenters. The smallest absolute Gasteiger partial charge is 0.0798 e. The zero-order chi connectivity index (χ0) is 12.3. The minimum Gasteiger partial charge on any atom is -0.303 e. The van der Waals surface area contributed by atoms with Crippen LogP contribution >= 0.6 is 11.3 Å². The van der Waals surface area contributed by atoms with Crippen molar-refractivity contribution in [3.8, 4) is 0 Å². The first-order valence-electron chi connectivity index (χ1n) is 5.89. The largest absolute Gasteiger partial charge is 0.303 e. The molecule has 3 heteroatoms. The minimum atomic E-state index is 0.345. The van der Waals surface area contributed by atoms with E-state index >= 15 is 0 Å². The highest BCUT2D eigenvalue weighted by Gasteiger charge is 2.14. The quantitative estimate of drug-likeness (QED) is 0.886. The molecule has 2 aromatic rings. The van der Waals surface area contributed by atoms with Gasteiger partial charge in [-0.2, -0.15) is 0 Å². The molecule has 2 atom stereocenters. The van der Waals surface area contributed by atoms with Gasteiger partial charge < -0.3 is 5.32 Å². The van der Waals surface area contributed by atoms with Gasteiger partial charge in [0.05, 0.1) is 11.2 Å². The highest BCUT2D eigenvalue weighted by molar-refractivity contribution is 7.09. The molecule has 2 rings (SSSR count). The van der Waals surface area contributed by atoms with Gasteiger partial charge in [0.2, 0.25) is 0 Å². The van der Waals surface area contributed by atoms with E-state index in [1.54, 1.807) is 11.3 Å². The second-order valence-corrected chi connectivity index (χ2v) is 5.21. The predicted octanol–water partition coefficient (Wildman–Crippen LogP) is 3.86. The maximum absolute atomic E-state index is 4.30. The van der Waals surface area contributed by atoms with Crippen LogP contribution in [0.1, 0.15) is 42.1 Å². The van der Waals surface area contributed by atoms with Crippen LogP contribution < -0.4 is 5.32 Å². The Morgan fingerprint density at radius 3 is 2.41 bits per heavy atom. The molecule has 2 nitrogen and oxygen atoms in total. The van der Waals surface area contributed by atoms with Gasteiger partial charge in [0.25, 0.3) is 0 Å². The first-order chi connectivity index (χ1) is 8.18. The second kappa shape index (κ2) is 5.43. The highest BCUT2D eigenvalue weighted by atomic mass is 32.1. The number of nitrogens with zero attached hydrogens (tertiary/aromatic N) is 1. The SMILES string of the molecule is Cc1ncsc1C(C)N[C@@H](C)c1ccccc1. The molecule has 17 heavy (non-hydrogen) atoms. The van der Waals surface area contributed by atoms with Gasteiger partial charge in [0, 0.05) is 17.0 Å². The van der Waals surface area contributed by atoms with E-state index in [0.717, 1.165) is 5.69 Å². The van der Waals surface area contributed by atoms with Crippen molar-refractivity contribution in [3.63, 3.8) is 0 Å². The summed E-state index contributed by atoms with van der Waals surface area (Å²) < 4.78 is 0. The average Bonchev–Trinajstić information content (AvgIpc) is 2.76. The summed E-state index contributed by atoms with van der Waals surface area (Å²) in [6, 6.07) is 11.2. The summed E-state index contributed by atoms with van der Waals surface area (Å²) in [4.78, 5) is 5.62. The Bertz CT molecular complexity index is 464. The fraction of sp³-hybridized carbons (Fsp3) is 0.357. The Morgan fingerprint density at radius 1 is 1.12 bits per heavy atom. The monoisotopic (exact) mass is 246 g/mol. The van der Waals surface area contributed by atoms with E-state index in [4.69, 9.17) is 0 Å². The zero-order valence-corrected chi connectivity index (χ0v) is 11.3. The summed E-state index contributed by atoms with van der Waals surface area (Å²) in [6.07, 6.45) is 0. The third-order valence-corrected chi connectivity index (χ3v) is 4.09. The molecule has 0 aliphatic heterocycles. The van der Waals surface area contributed by atoms with Gasteiger partial charge in [-0.05, 0) is 26.3 Å². The molecule has 1 aromatic heterocycles. The number of benzene rings is 1. The summed E-state index contributed by atoms with van der Waals surface area (Å²) in [7, 11) is 0. The summed E-state index contributed by atoms with van der Waals surface area (Å²) in [5.41, 5.74) is 4.37. The van der Waals surface area contributed by atoms with Crippen LogP contribution in [0, 0.1) is 6.92 Å². The molecular formula is C14H18N2S. The Labute approximate surface area is 107 Å². The standard InChI is InChI=1S/C14H18N2S/c1-10(13-7-5-4-6-8-13)16-12(3)14-11(2)15-9-17-14/h4-10,12,16H,1-3H3/t10-,12?/m0/s1. The summed E-state index contributed by atoms with van der Waals surface area (Å²) in [5, 5.41) is 3.61. The van der Waals surface area contributed by atoms with Gasteiger partial charge in [-0.1, -0.05) is 30.3 Å². The first kappa shape index (κ1) is 12.3. The Morgan fingerprint density at radius 2 is 1.82 bits per heavy atom. The number of aryl methyl sites for hydroxylation is 1. The molecule has 0 aliphatic rings. The van der Waals surface area contributed by atoms with Crippen LogP contribution in [0.4, 0.5) is 0 Å². The van der Waals surface area contributed by atoms with E-state index in [0.29, 0.717) is 12.1 Å². The number of hydrogen-bond donors (Lipinski definition) is 1. The van der Waals surface area contributed by atoms with Crippen molar-refractivity contribution in [1.29, 1.82) is 0 Å². The highest BCUT2D eigenvalue weighted by Crippen LogP contribution is 2.24. The molecule has 0 saturated heterocycles. The molecule has 1 aromatic carbocycles. The molecule has 0 saturated carbocycles. The predicted molar refractivity (Wildman–Crippen MR) is 73.3 cm³/mol. The van der Waals surface area contributed by atoms with Gasteiger partial charge in [-0.25, -0.2) is 4.98 Å². The summed E-state index contributed by atoms with van der Waals surface area (Å²) in [5.74, 6) is 0. The number of nitrogens with one attached hydrogen (secondary N) is 1. The molecular weight excluding hydrogens is 228 g/mol. The Kier molecular flexibility index (Phi) is 3.92. The number of thiazole rings is 1. The van der Waals surface area contributed by atoms with Crippen LogP contribution in [0.3, 0.4) is 0 Å². The minimum absolute atomic E-state index is 0.345. The lowest BCUT2D eigenvalue weighted by molar-refractivity contribution is 0.498. The van der Waals surface area contributed by atoms with E-state index in [9.17, 15) is 0 Å². The van der Waals surface area contributed by atoms with Crippen molar-refractivity contribution in [2.24, 2.45) is 0 Å². The maximum atomic E-state index is 4.30. The van der Waals surface area contributed by atoms with Crippen LogP contribution in [0.25, 0.3) is 0 Å². The maximum Gasteiger partial charge on any atom is 0.0798 e. The molecule has 1 heterocycles. The lowest BCUT2D eigenvalue weighted by atomic mass is 10.1. The topological polar surface area (TPSA) is 24.9 Å². The van der Waals surface area contributed by atoms with E-state index in [-0.39, 0.29) is 0 Å². The second-order valence-electron chi connectivity index (χ2n) is 4.32. The Balaban J connectivity index is 2.05. The average molecular weight is 246 g/mol.